The molecule has 0 rings (SSSR count). The average molecular weight is 133 g/mol. The number of nitrogens with two attached hydrogens (primary N) is 1. The zero-order chi connectivity index (χ0) is 7.98. The second kappa shape index (κ2) is 4.17. The molecule has 3 heteroatoms. The molecule has 0 amide bonds. The van der Waals surface area contributed by atoms with Crippen LogP contribution in [0.2, 0.25) is 0 Å². The Morgan fingerprint density at radius 1 is 1.40 bits per heavy atom. The van der Waals surface area contributed by atoms with Crippen molar-refractivity contribution in [3.05, 3.63) is 23.4 Å². The molecule has 2 N–H and O–H groups in total. The highest BCUT2D eigenvalue weighted by atomic mass is 14.5. The Kier molecular flexibility index (Phi) is 3.44. The number of allylic oxidation sites excluding steroid dienone is 3. The third-order valence-electron chi connectivity index (χ3n) is 0.964. The van der Waals surface area contributed by atoms with Crippen molar-refractivity contribution >= 4 is 0 Å². The van der Waals surface area contributed by atoms with Gasteiger partial charge in [-0.1, -0.05) is 0 Å². The molecule has 0 atom stereocenters. The lowest BCUT2D eigenvalue weighted by Crippen LogP contribution is -1.81. The molecule has 0 saturated carbocycles. The van der Waals surface area contributed by atoms with Crippen molar-refractivity contribution in [2.24, 2.45) is 5.73 Å². The van der Waals surface area contributed by atoms with Gasteiger partial charge in [-0.25, -0.2) is 0 Å². The lowest BCUT2D eigenvalue weighted by molar-refractivity contribution is 1.39. The molecule has 0 heterocycles. The average Bonchev–Trinajstić information content (AvgIpc) is 1.91. The van der Waals surface area contributed by atoms with E-state index in [1.165, 1.54) is 12.3 Å². The van der Waals surface area contributed by atoms with Crippen molar-refractivity contribution in [2.45, 2.75) is 6.92 Å². The van der Waals surface area contributed by atoms with Gasteiger partial charge in [0.25, 0.3) is 0 Å². The van der Waals surface area contributed by atoms with Crippen LogP contribution >= 0.6 is 0 Å². The monoisotopic (exact) mass is 133 g/mol. The fraction of sp³-hybridized carbons (Fsp3) is 0.143. The first-order valence-electron chi connectivity index (χ1n) is 2.65. The predicted molar refractivity (Wildman–Crippen MR) is 37.3 cm³/mol. The lowest BCUT2D eigenvalue weighted by atomic mass is 10.2. The number of hydrogen-bond acceptors (Lipinski definition) is 3. The molecular weight excluding hydrogens is 126 g/mol. The fourth-order valence-corrected chi connectivity index (χ4v) is 0.429. The number of rotatable bonds is 1. The Balaban J connectivity index is 4.70. The van der Waals surface area contributed by atoms with E-state index in [9.17, 15) is 0 Å². The van der Waals surface area contributed by atoms with Crippen LogP contribution in [0.5, 0.6) is 0 Å². The van der Waals surface area contributed by atoms with E-state index in [1.807, 2.05) is 0 Å². The van der Waals surface area contributed by atoms with Crippen molar-refractivity contribution in [1.82, 2.24) is 0 Å². The van der Waals surface area contributed by atoms with E-state index in [0.717, 1.165) is 0 Å². The maximum Gasteiger partial charge on any atom is 0.132 e. The number of nitrogens with zero attached hydrogens (tertiary/aromatic N) is 2. The van der Waals surface area contributed by atoms with Gasteiger partial charge in [-0.2, -0.15) is 10.5 Å². The molecule has 3 nitrogen and oxygen atoms in total. The Bertz CT molecular complexity index is 231. The van der Waals surface area contributed by atoms with Gasteiger partial charge >= 0.3 is 0 Å². The highest BCUT2D eigenvalue weighted by Crippen LogP contribution is 2.01. The fourth-order valence-electron chi connectivity index (χ4n) is 0.429. The van der Waals surface area contributed by atoms with Crippen LogP contribution in [-0.4, -0.2) is 0 Å². The maximum atomic E-state index is 8.32. The smallest absolute Gasteiger partial charge is 0.132 e. The largest absolute Gasteiger partial charge is 0.405 e. The van der Waals surface area contributed by atoms with Crippen LogP contribution in [0.3, 0.4) is 0 Å². The number of hydrogen-bond donors (Lipinski definition) is 1. The summed E-state index contributed by atoms with van der Waals surface area (Å²) in [6, 6.07) is 3.50. The van der Waals surface area contributed by atoms with Crippen molar-refractivity contribution in [3.63, 3.8) is 0 Å². The minimum atomic E-state index is 0.0988. The first kappa shape index (κ1) is 8.26. The lowest BCUT2D eigenvalue weighted by Gasteiger charge is -1.86. The van der Waals surface area contributed by atoms with Crippen LogP contribution in [0, 0.1) is 22.7 Å². The van der Waals surface area contributed by atoms with Crippen molar-refractivity contribution in [1.29, 1.82) is 10.5 Å². The van der Waals surface area contributed by atoms with Gasteiger partial charge in [0.15, 0.2) is 0 Å². The first-order valence-corrected chi connectivity index (χ1v) is 2.65. The molecule has 10 heavy (non-hydrogen) atoms. The molecule has 0 saturated heterocycles. The van der Waals surface area contributed by atoms with Crippen LogP contribution < -0.4 is 5.73 Å². The molecular formula is C7H7N3. The molecule has 0 bridgehead atoms. The molecule has 0 fully saturated rings. The van der Waals surface area contributed by atoms with Crippen LogP contribution in [0.1, 0.15) is 6.92 Å². The maximum absolute atomic E-state index is 8.32. The van der Waals surface area contributed by atoms with Gasteiger partial charge in [0, 0.05) is 0 Å². The standard InChI is InChI=1S/C7H7N3/c1-6(2-3-8)7(4-9)5-10/h2-3H,8H2,1H3/b3-2+. The summed E-state index contributed by atoms with van der Waals surface area (Å²) in [5.41, 5.74) is 5.73. The quantitative estimate of drug-likeness (QED) is 0.425. The molecule has 0 aromatic rings. The Morgan fingerprint density at radius 2 is 1.90 bits per heavy atom. The van der Waals surface area contributed by atoms with Gasteiger partial charge in [-0.3, -0.25) is 0 Å². The van der Waals surface area contributed by atoms with E-state index in [-0.39, 0.29) is 5.57 Å². The van der Waals surface area contributed by atoms with Crippen LogP contribution in [0.25, 0.3) is 0 Å². The molecule has 0 aliphatic rings. The van der Waals surface area contributed by atoms with E-state index in [0.29, 0.717) is 5.57 Å². The molecule has 0 aliphatic carbocycles. The highest BCUT2D eigenvalue weighted by Gasteiger charge is 1.94. The molecule has 0 aromatic carbocycles. The Hall–Kier alpha value is -1.74. The Labute approximate surface area is 59.7 Å². The predicted octanol–water partition coefficient (Wildman–Crippen LogP) is 0.822. The summed E-state index contributed by atoms with van der Waals surface area (Å²) in [5.74, 6) is 0. The van der Waals surface area contributed by atoms with E-state index in [2.05, 4.69) is 0 Å². The third kappa shape index (κ3) is 2.02. The molecule has 0 unspecified atom stereocenters. The van der Waals surface area contributed by atoms with Gasteiger partial charge in [0.2, 0.25) is 0 Å². The molecule has 0 spiro atoms. The SMILES string of the molecule is CC(/C=C/N)=C(C#N)C#N. The van der Waals surface area contributed by atoms with Gasteiger partial charge in [-0.05, 0) is 24.8 Å². The summed E-state index contributed by atoms with van der Waals surface area (Å²) in [6.45, 7) is 1.66. The second-order valence-corrected chi connectivity index (χ2v) is 1.64. The zero-order valence-electron chi connectivity index (χ0n) is 5.63. The summed E-state index contributed by atoms with van der Waals surface area (Å²) in [6.07, 6.45) is 2.81. The van der Waals surface area contributed by atoms with Gasteiger partial charge in [0.1, 0.15) is 17.7 Å². The minimum Gasteiger partial charge on any atom is -0.405 e. The van der Waals surface area contributed by atoms with Crippen molar-refractivity contribution < 1.29 is 0 Å². The van der Waals surface area contributed by atoms with E-state index in [1.54, 1.807) is 19.1 Å². The number of nitriles is 2. The molecule has 50 valence electrons. The summed E-state index contributed by atoms with van der Waals surface area (Å²) >= 11 is 0. The Morgan fingerprint density at radius 3 is 2.20 bits per heavy atom. The zero-order valence-corrected chi connectivity index (χ0v) is 5.63. The van der Waals surface area contributed by atoms with Crippen molar-refractivity contribution in [2.75, 3.05) is 0 Å². The topological polar surface area (TPSA) is 73.6 Å². The molecule has 0 radical (unpaired) electrons. The first-order chi connectivity index (χ1) is 4.76. The summed E-state index contributed by atoms with van der Waals surface area (Å²) < 4.78 is 0. The van der Waals surface area contributed by atoms with E-state index >= 15 is 0 Å². The third-order valence-corrected chi connectivity index (χ3v) is 0.964. The molecule has 0 aromatic heterocycles. The van der Waals surface area contributed by atoms with Crippen LogP contribution in [0.4, 0.5) is 0 Å². The normalized spacial score (nSPS) is 8.30. The van der Waals surface area contributed by atoms with Crippen LogP contribution in [0.15, 0.2) is 23.4 Å². The summed E-state index contributed by atoms with van der Waals surface area (Å²) in [7, 11) is 0. The van der Waals surface area contributed by atoms with Gasteiger partial charge in [-0.15, -0.1) is 0 Å². The summed E-state index contributed by atoms with van der Waals surface area (Å²) in [5, 5.41) is 16.6. The van der Waals surface area contributed by atoms with Crippen LogP contribution in [-0.2, 0) is 0 Å². The van der Waals surface area contributed by atoms with Gasteiger partial charge < -0.3 is 5.73 Å². The van der Waals surface area contributed by atoms with E-state index < -0.39 is 0 Å². The van der Waals surface area contributed by atoms with E-state index in [4.69, 9.17) is 16.3 Å². The van der Waals surface area contributed by atoms with Gasteiger partial charge in [0.05, 0.1) is 0 Å². The minimum absolute atomic E-state index is 0.0988. The van der Waals surface area contributed by atoms with Crippen molar-refractivity contribution in [3.8, 4) is 12.1 Å². The molecule has 0 aliphatic heterocycles. The highest BCUT2D eigenvalue weighted by molar-refractivity contribution is 5.43. The second-order valence-electron chi connectivity index (χ2n) is 1.64. The summed E-state index contributed by atoms with van der Waals surface area (Å²) in [4.78, 5) is 0.